The number of hydrogen-bond donors (Lipinski definition) is 2. The number of aryl methyl sites for hydroxylation is 1. The van der Waals surface area contributed by atoms with Gasteiger partial charge in [0.25, 0.3) is 5.91 Å². The fourth-order valence-electron chi connectivity index (χ4n) is 2.37. The van der Waals surface area contributed by atoms with Gasteiger partial charge in [0.2, 0.25) is 5.91 Å². The number of nitrogens with one attached hydrogen (secondary N) is 2. The molecule has 25 heavy (non-hydrogen) atoms. The highest BCUT2D eigenvalue weighted by atomic mass is 19.1. The molecule has 4 nitrogen and oxygen atoms in total. The van der Waals surface area contributed by atoms with Gasteiger partial charge in [-0.05, 0) is 42.7 Å². The van der Waals surface area contributed by atoms with E-state index in [-0.39, 0.29) is 30.1 Å². The third-order valence-corrected chi connectivity index (χ3v) is 3.93. The van der Waals surface area contributed by atoms with Crippen molar-refractivity contribution in [2.75, 3.05) is 0 Å². The normalized spacial score (nSPS) is 11.9. The molecule has 0 aliphatic rings. The maximum Gasteiger partial charge on any atom is 0.251 e. The minimum atomic E-state index is -0.644. The van der Waals surface area contributed by atoms with Crippen LogP contribution >= 0.6 is 0 Å². The van der Waals surface area contributed by atoms with Crippen LogP contribution in [0.15, 0.2) is 48.5 Å². The van der Waals surface area contributed by atoms with Crippen molar-refractivity contribution in [1.82, 2.24) is 10.6 Å². The molecule has 0 bridgehead atoms. The van der Waals surface area contributed by atoms with Crippen molar-refractivity contribution in [2.24, 2.45) is 5.92 Å². The number of carbonyl (C=O) groups is 2. The van der Waals surface area contributed by atoms with Gasteiger partial charge < -0.3 is 10.6 Å². The molecule has 0 saturated carbocycles. The predicted molar refractivity (Wildman–Crippen MR) is 95.5 cm³/mol. The van der Waals surface area contributed by atoms with Crippen molar-refractivity contribution in [3.05, 3.63) is 71.0 Å². The van der Waals surface area contributed by atoms with E-state index in [0.717, 1.165) is 11.1 Å². The second-order valence-corrected chi connectivity index (χ2v) is 6.41. The Balaban J connectivity index is 1.98. The van der Waals surface area contributed by atoms with E-state index in [0.29, 0.717) is 5.56 Å². The van der Waals surface area contributed by atoms with Crippen LogP contribution in [0.1, 0.15) is 35.3 Å². The molecule has 2 N–H and O–H groups in total. The smallest absolute Gasteiger partial charge is 0.251 e. The largest absolute Gasteiger partial charge is 0.350 e. The van der Waals surface area contributed by atoms with Crippen LogP contribution in [0.2, 0.25) is 0 Å². The maximum absolute atomic E-state index is 12.9. The molecule has 0 heterocycles. The van der Waals surface area contributed by atoms with Gasteiger partial charge in [-0.15, -0.1) is 0 Å². The summed E-state index contributed by atoms with van der Waals surface area (Å²) in [5, 5.41) is 5.58. The zero-order valence-corrected chi connectivity index (χ0v) is 14.7. The van der Waals surface area contributed by atoms with E-state index in [2.05, 4.69) is 10.6 Å². The van der Waals surface area contributed by atoms with Gasteiger partial charge in [-0.3, -0.25) is 9.59 Å². The molecule has 0 aromatic heterocycles. The van der Waals surface area contributed by atoms with Crippen LogP contribution in [0, 0.1) is 18.7 Å². The highest BCUT2D eigenvalue weighted by Crippen LogP contribution is 2.08. The predicted octanol–water partition coefficient (Wildman–Crippen LogP) is 3.20. The van der Waals surface area contributed by atoms with Crippen LogP contribution in [0.4, 0.5) is 4.39 Å². The second-order valence-electron chi connectivity index (χ2n) is 6.41. The van der Waals surface area contributed by atoms with Crippen LogP contribution in [-0.2, 0) is 11.3 Å². The molecule has 0 unspecified atom stereocenters. The lowest BCUT2D eigenvalue weighted by Crippen LogP contribution is -2.49. The molecular formula is C20H23FN2O2. The summed E-state index contributed by atoms with van der Waals surface area (Å²) in [6, 6.07) is 12.5. The second kappa shape index (κ2) is 8.42. The van der Waals surface area contributed by atoms with E-state index >= 15 is 0 Å². The van der Waals surface area contributed by atoms with Gasteiger partial charge in [-0.25, -0.2) is 4.39 Å². The third kappa shape index (κ3) is 5.41. The summed E-state index contributed by atoms with van der Waals surface area (Å²) in [6.07, 6.45) is 0. The summed E-state index contributed by atoms with van der Waals surface area (Å²) in [4.78, 5) is 24.8. The summed E-state index contributed by atoms with van der Waals surface area (Å²) < 4.78 is 12.9. The van der Waals surface area contributed by atoms with Crippen molar-refractivity contribution in [2.45, 2.75) is 33.4 Å². The fourth-order valence-corrected chi connectivity index (χ4v) is 2.37. The zero-order valence-electron chi connectivity index (χ0n) is 14.7. The number of benzene rings is 2. The minimum Gasteiger partial charge on any atom is -0.350 e. The lowest BCUT2D eigenvalue weighted by molar-refractivity contribution is -0.124. The Bertz CT molecular complexity index is 724. The Hall–Kier alpha value is -2.69. The van der Waals surface area contributed by atoms with E-state index in [4.69, 9.17) is 0 Å². The monoisotopic (exact) mass is 342 g/mol. The summed E-state index contributed by atoms with van der Waals surface area (Å²) >= 11 is 0. The first-order valence-corrected chi connectivity index (χ1v) is 8.26. The molecule has 0 spiro atoms. The Morgan fingerprint density at radius 1 is 1.00 bits per heavy atom. The molecule has 0 aliphatic carbocycles. The molecule has 1 atom stereocenters. The molecule has 2 aromatic rings. The number of hydrogen-bond acceptors (Lipinski definition) is 2. The number of carbonyl (C=O) groups excluding carboxylic acids is 2. The van der Waals surface area contributed by atoms with Gasteiger partial charge in [-0.1, -0.05) is 43.7 Å². The molecule has 5 heteroatoms. The standard InChI is InChI=1S/C20H23FN2O2/c1-13(2)18(23-19(24)16-8-4-14(3)5-9-16)20(25)22-12-15-6-10-17(21)11-7-15/h4-11,13,18H,12H2,1-3H3,(H,22,25)(H,23,24)/t18-/m1/s1. The van der Waals surface area contributed by atoms with Gasteiger partial charge in [0.1, 0.15) is 11.9 Å². The fraction of sp³-hybridized carbons (Fsp3) is 0.300. The van der Waals surface area contributed by atoms with Crippen molar-refractivity contribution in [1.29, 1.82) is 0 Å². The summed E-state index contributed by atoms with van der Waals surface area (Å²) in [7, 11) is 0. The van der Waals surface area contributed by atoms with Crippen LogP contribution in [0.5, 0.6) is 0 Å². The number of rotatable bonds is 6. The quantitative estimate of drug-likeness (QED) is 0.847. The van der Waals surface area contributed by atoms with Crippen molar-refractivity contribution >= 4 is 11.8 Å². The molecule has 0 saturated heterocycles. The molecular weight excluding hydrogens is 319 g/mol. The van der Waals surface area contributed by atoms with Gasteiger partial charge in [0, 0.05) is 12.1 Å². The highest BCUT2D eigenvalue weighted by molar-refractivity contribution is 5.97. The number of halogens is 1. The average molecular weight is 342 g/mol. The van der Waals surface area contributed by atoms with Crippen LogP contribution in [0.3, 0.4) is 0 Å². The van der Waals surface area contributed by atoms with Crippen molar-refractivity contribution in [3.8, 4) is 0 Å². The Morgan fingerprint density at radius 2 is 1.60 bits per heavy atom. The van der Waals surface area contributed by atoms with Crippen molar-refractivity contribution in [3.63, 3.8) is 0 Å². The van der Waals surface area contributed by atoms with Gasteiger partial charge in [0.15, 0.2) is 0 Å². The third-order valence-electron chi connectivity index (χ3n) is 3.93. The summed E-state index contributed by atoms with van der Waals surface area (Å²) in [6.45, 7) is 5.97. The first-order chi connectivity index (χ1) is 11.9. The molecule has 2 amide bonds. The van der Waals surface area contributed by atoms with Crippen LogP contribution < -0.4 is 10.6 Å². The molecule has 2 aromatic carbocycles. The van der Waals surface area contributed by atoms with Gasteiger partial charge in [-0.2, -0.15) is 0 Å². The van der Waals surface area contributed by atoms with E-state index < -0.39 is 6.04 Å². The molecule has 0 fully saturated rings. The van der Waals surface area contributed by atoms with E-state index in [1.54, 1.807) is 24.3 Å². The number of amides is 2. The molecule has 2 rings (SSSR count). The Labute approximate surface area is 147 Å². The Kier molecular flexibility index (Phi) is 6.28. The van der Waals surface area contributed by atoms with E-state index in [1.807, 2.05) is 32.9 Å². The van der Waals surface area contributed by atoms with E-state index in [9.17, 15) is 14.0 Å². The zero-order chi connectivity index (χ0) is 18.4. The van der Waals surface area contributed by atoms with Crippen molar-refractivity contribution < 1.29 is 14.0 Å². The topological polar surface area (TPSA) is 58.2 Å². The lowest BCUT2D eigenvalue weighted by atomic mass is 10.0. The van der Waals surface area contributed by atoms with Crippen LogP contribution in [0.25, 0.3) is 0 Å². The van der Waals surface area contributed by atoms with Crippen LogP contribution in [-0.4, -0.2) is 17.9 Å². The maximum atomic E-state index is 12.9. The van der Waals surface area contributed by atoms with Gasteiger partial charge >= 0.3 is 0 Å². The molecule has 0 aliphatic heterocycles. The van der Waals surface area contributed by atoms with Gasteiger partial charge in [0.05, 0.1) is 0 Å². The lowest BCUT2D eigenvalue weighted by Gasteiger charge is -2.22. The summed E-state index contributed by atoms with van der Waals surface area (Å²) in [5.74, 6) is -0.932. The average Bonchev–Trinajstić information content (AvgIpc) is 2.59. The minimum absolute atomic E-state index is 0.0670. The first kappa shape index (κ1) is 18.6. The molecule has 0 radical (unpaired) electrons. The summed E-state index contributed by atoms with van der Waals surface area (Å²) in [5.41, 5.74) is 2.37. The first-order valence-electron chi connectivity index (χ1n) is 8.26. The van der Waals surface area contributed by atoms with E-state index in [1.165, 1.54) is 12.1 Å². The molecule has 132 valence electrons. The highest BCUT2D eigenvalue weighted by Gasteiger charge is 2.24. The SMILES string of the molecule is Cc1ccc(C(=O)N[C@@H](C(=O)NCc2ccc(F)cc2)C(C)C)cc1. The Morgan fingerprint density at radius 3 is 2.16 bits per heavy atom.